The molecule has 2 heteroatoms. The second-order valence-electron chi connectivity index (χ2n) is 9.65. The maximum atomic E-state index is 12.4. The highest BCUT2D eigenvalue weighted by molar-refractivity contribution is 5.87. The first-order valence-electron chi connectivity index (χ1n) is 11.1. The number of allylic oxidation sites excluding steroid dienone is 3. The zero-order valence-electron chi connectivity index (χ0n) is 18.3. The van der Waals surface area contributed by atoms with Crippen LogP contribution in [0.3, 0.4) is 0 Å². The van der Waals surface area contributed by atoms with Crippen molar-refractivity contribution in [2.75, 3.05) is 0 Å². The predicted molar refractivity (Wildman–Crippen MR) is 117 cm³/mol. The zero-order chi connectivity index (χ0) is 20.0. The Balaban J connectivity index is 2.30. The Morgan fingerprint density at radius 1 is 1.11 bits per heavy atom. The highest BCUT2D eigenvalue weighted by Crippen LogP contribution is 2.36. The van der Waals surface area contributed by atoms with Gasteiger partial charge in [0.2, 0.25) is 0 Å². The van der Waals surface area contributed by atoms with E-state index in [-0.39, 0.29) is 11.5 Å². The number of hydrogen-bond donors (Lipinski definition) is 1. The second-order valence-corrected chi connectivity index (χ2v) is 9.65. The molecule has 2 unspecified atom stereocenters. The lowest BCUT2D eigenvalue weighted by Gasteiger charge is -2.37. The van der Waals surface area contributed by atoms with Gasteiger partial charge in [0, 0.05) is 23.9 Å². The molecule has 0 spiro atoms. The van der Waals surface area contributed by atoms with Crippen LogP contribution in [0.5, 0.6) is 0 Å². The van der Waals surface area contributed by atoms with Crippen LogP contribution in [0, 0.1) is 17.8 Å². The van der Waals surface area contributed by atoms with E-state index in [0.717, 1.165) is 6.42 Å². The molecule has 1 N–H and O–H groups in total. The maximum Gasteiger partial charge on any atom is 0.140 e. The Labute approximate surface area is 167 Å². The minimum absolute atomic E-state index is 0.0968. The van der Waals surface area contributed by atoms with Gasteiger partial charge in [0.05, 0.1) is 0 Å². The maximum absolute atomic E-state index is 12.4. The van der Waals surface area contributed by atoms with E-state index in [0.29, 0.717) is 30.1 Å². The molecule has 2 atom stereocenters. The van der Waals surface area contributed by atoms with Crippen LogP contribution in [0.4, 0.5) is 0 Å². The van der Waals surface area contributed by atoms with Crippen LogP contribution in [0.25, 0.3) is 0 Å². The van der Waals surface area contributed by atoms with E-state index in [1.165, 1.54) is 49.7 Å². The van der Waals surface area contributed by atoms with Crippen molar-refractivity contribution >= 4 is 5.78 Å². The lowest BCUT2D eigenvalue weighted by atomic mass is 9.84. The topological polar surface area (TPSA) is 29.1 Å². The fourth-order valence-electron chi connectivity index (χ4n) is 5.00. The molecule has 2 fully saturated rings. The van der Waals surface area contributed by atoms with Crippen molar-refractivity contribution in [3.05, 3.63) is 36.0 Å². The summed E-state index contributed by atoms with van der Waals surface area (Å²) in [5.74, 6) is 1.38. The van der Waals surface area contributed by atoms with Gasteiger partial charge in [-0.2, -0.15) is 0 Å². The lowest BCUT2D eigenvalue weighted by molar-refractivity contribution is -0.121. The van der Waals surface area contributed by atoms with Gasteiger partial charge in [-0.05, 0) is 43.6 Å². The monoisotopic (exact) mass is 371 g/mol. The highest BCUT2D eigenvalue weighted by atomic mass is 16.1. The molecule has 0 radical (unpaired) electrons. The third-order valence-corrected chi connectivity index (χ3v) is 6.47. The Hall–Kier alpha value is -1.15. The smallest absolute Gasteiger partial charge is 0.140 e. The molecule has 2 nitrogen and oxygen atoms in total. The molecule has 0 heterocycles. The van der Waals surface area contributed by atoms with Gasteiger partial charge in [0.15, 0.2) is 0 Å². The summed E-state index contributed by atoms with van der Waals surface area (Å²) < 4.78 is 0. The van der Waals surface area contributed by atoms with Gasteiger partial charge >= 0.3 is 0 Å². The average molecular weight is 372 g/mol. The third kappa shape index (κ3) is 5.91. The molecule has 2 aliphatic rings. The van der Waals surface area contributed by atoms with E-state index < -0.39 is 0 Å². The Bertz CT molecular complexity index is 573. The van der Waals surface area contributed by atoms with Crippen molar-refractivity contribution in [1.29, 1.82) is 0 Å². The normalized spacial score (nSPS) is 26.6. The number of carbonyl (C=O) groups excluding carboxylic acids is 1. The van der Waals surface area contributed by atoms with Gasteiger partial charge in [-0.25, -0.2) is 0 Å². The first-order valence-corrected chi connectivity index (χ1v) is 11.1. The first kappa shape index (κ1) is 22.1. The molecule has 0 saturated heterocycles. The Morgan fingerprint density at radius 3 is 2.26 bits per heavy atom. The van der Waals surface area contributed by atoms with Gasteiger partial charge in [-0.1, -0.05) is 83.8 Å². The SMILES string of the molecule is C=C/C=C(\C=C1/CCC(=O)C1C(C)C)C(NC1(C)CCCCCC1)C(C)C. The van der Waals surface area contributed by atoms with Crippen LogP contribution in [0.15, 0.2) is 36.0 Å². The summed E-state index contributed by atoms with van der Waals surface area (Å²) in [7, 11) is 0. The molecule has 0 bridgehead atoms. The van der Waals surface area contributed by atoms with Gasteiger partial charge < -0.3 is 5.32 Å². The number of nitrogens with one attached hydrogen (secondary N) is 1. The van der Waals surface area contributed by atoms with Crippen molar-refractivity contribution in [2.45, 2.75) is 97.6 Å². The fraction of sp³-hybridized carbons (Fsp3) is 0.720. The molecule has 27 heavy (non-hydrogen) atoms. The van der Waals surface area contributed by atoms with Crippen LogP contribution in [0.1, 0.15) is 86.0 Å². The average Bonchev–Trinajstić information content (AvgIpc) is 2.82. The van der Waals surface area contributed by atoms with E-state index in [4.69, 9.17) is 0 Å². The first-order chi connectivity index (χ1) is 12.8. The van der Waals surface area contributed by atoms with Crippen LogP contribution in [0.2, 0.25) is 0 Å². The van der Waals surface area contributed by atoms with E-state index in [1.807, 2.05) is 6.08 Å². The minimum atomic E-state index is 0.0968. The zero-order valence-corrected chi connectivity index (χ0v) is 18.3. The lowest BCUT2D eigenvalue weighted by Crippen LogP contribution is -2.50. The summed E-state index contributed by atoms with van der Waals surface area (Å²) in [5.41, 5.74) is 2.81. The number of ketones is 1. The minimum Gasteiger partial charge on any atom is -0.304 e. The van der Waals surface area contributed by atoms with Crippen molar-refractivity contribution in [3.63, 3.8) is 0 Å². The van der Waals surface area contributed by atoms with Crippen LogP contribution in [-0.2, 0) is 4.79 Å². The molecule has 0 aromatic heterocycles. The molecule has 2 aliphatic carbocycles. The highest BCUT2D eigenvalue weighted by Gasteiger charge is 2.34. The Kier molecular flexibility index (Phi) is 8.09. The van der Waals surface area contributed by atoms with Crippen LogP contribution < -0.4 is 5.32 Å². The fourth-order valence-corrected chi connectivity index (χ4v) is 5.00. The molecular weight excluding hydrogens is 330 g/mol. The van der Waals surface area contributed by atoms with E-state index >= 15 is 0 Å². The van der Waals surface area contributed by atoms with Crippen molar-refractivity contribution < 1.29 is 4.79 Å². The number of carbonyl (C=O) groups is 1. The standard InChI is InChI=1S/C25H41NO/c1-7-12-21(17-20-13-14-22(27)23(20)18(2)3)24(19(4)5)26-25(6)15-10-8-9-11-16-25/h7,12,17-19,23-24,26H,1,8-11,13-16H2,2-6H3/b20-17+,21-12+. The van der Waals surface area contributed by atoms with Gasteiger partial charge in [0.25, 0.3) is 0 Å². The number of hydrogen-bond acceptors (Lipinski definition) is 2. The molecule has 2 rings (SSSR count). The van der Waals surface area contributed by atoms with Crippen molar-refractivity contribution in [1.82, 2.24) is 5.32 Å². The van der Waals surface area contributed by atoms with Gasteiger partial charge in [-0.3, -0.25) is 4.79 Å². The van der Waals surface area contributed by atoms with E-state index in [2.05, 4.69) is 58.7 Å². The van der Waals surface area contributed by atoms with E-state index in [9.17, 15) is 4.79 Å². The Morgan fingerprint density at radius 2 is 1.74 bits per heavy atom. The molecule has 0 amide bonds. The molecular formula is C25H41NO. The van der Waals surface area contributed by atoms with Crippen molar-refractivity contribution in [3.8, 4) is 0 Å². The number of rotatable bonds is 7. The molecule has 0 aromatic rings. The number of Topliss-reactive ketones (excluding diaryl/α,β-unsaturated/α-hetero) is 1. The van der Waals surface area contributed by atoms with Gasteiger partial charge in [0.1, 0.15) is 5.78 Å². The molecule has 0 aromatic carbocycles. The quantitative estimate of drug-likeness (QED) is 0.415. The van der Waals surface area contributed by atoms with Crippen LogP contribution >= 0.6 is 0 Å². The second kappa shape index (κ2) is 9.87. The molecule has 152 valence electrons. The summed E-state index contributed by atoms with van der Waals surface area (Å²) in [4.78, 5) is 12.4. The molecule has 0 aliphatic heterocycles. The van der Waals surface area contributed by atoms with Crippen molar-refractivity contribution in [2.24, 2.45) is 17.8 Å². The predicted octanol–water partition coefficient (Wildman–Crippen LogP) is 6.39. The summed E-state index contributed by atoms with van der Waals surface area (Å²) in [5, 5.41) is 4.04. The summed E-state index contributed by atoms with van der Waals surface area (Å²) in [6.45, 7) is 15.3. The summed E-state index contributed by atoms with van der Waals surface area (Å²) >= 11 is 0. The summed E-state index contributed by atoms with van der Waals surface area (Å²) in [6.07, 6.45) is 15.9. The summed E-state index contributed by atoms with van der Waals surface area (Å²) in [6, 6.07) is 0.294. The van der Waals surface area contributed by atoms with Crippen LogP contribution in [-0.4, -0.2) is 17.4 Å². The van der Waals surface area contributed by atoms with E-state index in [1.54, 1.807) is 0 Å². The van der Waals surface area contributed by atoms with Gasteiger partial charge in [-0.15, -0.1) is 0 Å². The molecule has 2 saturated carbocycles. The largest absolute Gasteiger partial charge is 0.304 e. The third-order valence-electron chi connectivity index (χ3n) is 6.47.